The van der Waals surface area contributed by atoms with Crippen molar-refractivity contribution < 1.29 is 9.90 Å². The van der Waals surface area contributed by atoms with E-state index < -0.39 is 5.97 Å². The van der Waals surface area contributed by atoms with Crippen LogP contribution in [0.2, 0.25) is 5.02 Å². The van der Waals surface area contributed by atoms with Crippen LogP contribution in [0.5, 0.6) is 0 Å². The average Bonchev–Trinajstić information content (AvgIpc) is 3.04. The van der Waals surface area contributed by atoms with Crippen LogP contribution in [0.1, 0.15) is 36.2 Å². The van der Waals surface area contributed by atoms with Gasteiger partial charge in [-0.15, -0.1) is 0 Å². The maximum absolute atomic E-state index is 11.5. The summed E-state index contributed by atoms with van der Waals surface area (Å²) in [6.07, 6.45) is 1.25. The van der Waals surface area contributed by atoms with Gasteiger partial charge in [0.05, 0.1) is 11.3 Å². The van der Waals surface area contributed by atoms with Crippen molar-refractivity contribution in [3.8, 4) is 22.5 Å². The second-order valence-corrected chi connectivity index (χ2v) is 6.22. The van der Waals surface area contributed by atoms with Crippen molar-refractivity contribution in [2.24, 2.45) is 0 Å². The monoisotopic (exact) mass is 355 g/mol. The van der Waals surface area contributed by atoms with E-state index in [1.165, 1.54) is 6.42 Å². The summed E-state index contributed by atoms with van der Waals surface area (Å²) in [4.78, 5) is 14.7. The Labute approximate surface area is 153 Å². The van der Waals surface area contributed by atoms with E-state index in [-0.39, 0.29) is 5.56 Å². The van der Waals surface area contributed by atoms with Crippen LogP contribution in [0.3, 0.4) is 0 Å². The molecule has 0 amide bonds. The van der Waals surface area contributed by atoms with Crippen molar-refractivity contribution >= 4 is 17.6 Å². The molecule has 0 saturated carbocycles. The van der Waals surface area contributed by atoms with Crippen LogP contribution in [0.15, 0.2) is 54.6 Å². The van der Waals surface area contributed by atoms with Crippen molar-refractivity contribution in [2.45, 2.75) is 27.2 Å². The summed E-state index contributed by atoms with van der Waals surface area (Å²) >= 11 is 6.05. The van der Waals surface area contributed by atoms with Crippen LogP contribution in [-0.2, 0) is 0 Å². The Morgan fingerprint density at radius 2 is 1.68 bits per heavy atom. The number of rotatable bonds is 3. The smallest absolute Gasteiger partial charge is 0.337 e. The lowest BCUT2D eigenvalue weighted by molar-refractivity contribution is 0.0698. The first-order valence-corrected chi connectivity index (χ1v) is 8.63. The number of aryl methyl sites for hydroxylation is 1. The summed E-state index contributed by atoms with van der Waals surface area (Å²) in [5.74, 6) is -0.952. The number of carboxylic acids is 1. The topological polar surface area (TPSA) is 53.1 Å². The van der Waals surface area contributed by atoms with Gasteiger partial charge in [0.25, 0.3) is 0 Å². The Morgan fingerprint density at radius 3 is 2.24 bits per heavy atom. The van der Waals surface area contributed by atoms with Gasteiger partial charge in [-0.25, -0.2) is 4.79 Å². The number of carbonyl (C=O) groups is 1. The van der Waals surface area contributed by atoms with Gasteiger partial charge >= 0.3 is 5.97 Å². The van der Waals surface area contributed by atoms with Gasteiger partial charge in [-0.2, -0.15) is 0 Å². The lowest BCUT2D eigenvalue weighted by Crippen LogP contribution is -1.96. The molecule has 0 aliphatic carbocycles. The lowest BCUT2D eigenvalue weighted by Gasteiger charge is -2.03. The fraction of sp³-hybridized carbons (Fsp3) is 0.190. The molecule has 0 spiro atoms. The first-order chi connectivity index (χ1) is 12.0. The van der Waals surface area contributed by atoms with Gasteiger partial charge in [-0.3, -0.25) is 0 Å². The van der Waals surface area contributed by atoms with Crippen molar-refractivity contribution in [1.29, 1.82) is 0 Å². The van der Waals surface area contributed by atoms with E-state index in [1.54, 1.807) is 6.07 Å². The number of aromatic amines is 1. The van der Waals surface area contributed by atoms with Crippen LogP contribution >= 0.6 is 11.6 Å². The molecular weight excluding hydrogens is 334 g/mol. The number of hydrogen-bond acceptors (Lipinski definition) is 1. The molecule has 1 aromatic heterocycles. The third-order valence-electron chi connectivity index (χ3n) is 3.58. The first kappa shape index (κ1) is 18.8. The highest BCUT2D eigenvalue weighted by Gasteiger charge is 2.16. The zero-order valence-corrected chi connectivity index (χ0v) is 15.4. The number of benzene rings is 2. The van der Waals surface area contributed by atoms with Crippen molar-refractivity contribution in [3.63, 3.8) is 0 Å². The molecule has 4 heteroatoms. The molecule has 0 unspecified atom stereocenters. The Bertz CT molecular complexity index is 854. The number of carboxylic acid groups (broad SMARTS) is 1. The van der Waals surface area contributed by atoms with Crippen LogP contribution in [0.25, 0.3) is 22.5 Å². The minimum atomic E-state index is -0.952. The SMILES string of the molecule is CCC.Cc1cc(-c2cc(C(=O)O)c(-c3ccccc3)[nH]2)ccc1Cl. The second-order valence-electron chi connectivity index (χ2n) is 5.81. The molecule has 3 aromatic rings. The zero-order chi connectivity index (χ0) is 18.4. The second kappa shape index (κ2) is 8.54. The summed E-state index contributed by atoms with van der Waals surface area (Å²) in [7, 11) is 0. The Balaban J connectivity index is 0.000000701. The Hall–Kier alpha value is -2.52. The van der Waals surface area contributed by atoms with Gasteiger partial charge in [0, 0.05) is 10.7 Å². The van der Waals surface area contributed by atoms with E-state index in [4.69, 9.17) is 11.6 Å². The predicted molar refractivity (Wildman–Crippen MR) is 104 cm³/mol. The van der Waals surface area contributed by atoms with Gasteiger partial charge in [0.1, 0.15) is 0 Å². The predicted octanol–water partition coefficient (Wildman–Crippen LogP) is 6.43. The van der Waals surface area contributed by atoms with Crippen LogP contribution in [-0.4, -0.2) is 16.1 Å². The molecule has 0 atom stereocenters. The fourth-order valence-corrected chi connectivity index (χ4v) is 2.54. The molecule has 0 aliphatic heterocycles. The van der Waals surface area contributed by atoms with Gasteiger partial charge in [-0.1, -0.05) is 68.3 Å². The van der Waals surface area contributed by atoms with Crippen molar-refractivity contribution in [1.82, 2.24) is 4.98 Å². The molecule has 2 aromatic carbocycles. The summed E-state index contributed by atoms with van der Waals surface area (Å²) in [5, 5.41) is 10.1. The van der Waals surface area contributed by atoms with Crippen LogP contribution in [0, 0.1) is 6.92 Å². The van der Waals surface area contributed by atoms with Crippen LogP contribution in [0.4, 0.5) is 0 Å². The Morgan fingerprint density at radius 1 is 1.04 bits per heavy atom. The molecule has 0 aliphatic rings. The number of hydrogen-bond donors (Lipinski definition) is 2. The highest BCUT2D eigenvalue weighted by atomic mass is 35.5. The number of nitrogens with one attached hydrogen (secondary N) is 1. The zero-order valence-electron chi connectivity index (χ0n) is 14.6. The first-order valence-electron chi connectivity index (χ1n) is 8.26. The van der Waals surface area contributed by atoms with E-state index in [1.807, 2.05) is 55.5 Å². The minimum Gasteiger partial charge on any atom is -0.478 e. The van der Waals surface area contributed by atoms with E-state index in [9.17, 15) is 9.90 Å². The summed E-state index contributed by atoms with van der Waals surface area (Å²) in [5.41, 5.74) is 4.33. The molecule has 25 heavy (non-hydrogen) atoms. The molecule has 0 bridgehead atoms. The molecular formula is C21H22ClNO2. The largest absolute Gasteiger partial charge is 0.478 e. The molecule has 130 valence electrons. The third-order valence-corrected chi connectivity index (χ3v) is 4.00. The molecule has 0 fully saturated rings. The standard InChI is InChI=1S/C18H14ClNO2.C3H8/c1-11-9-13(7-8-15(11)19)16-10-14(18(21)22)17(20-16)12-5-3-2-4-6-12;1-3-2/h2-10,20H,1H3,(H,21,22);3H2,1-2H3. The average molecular weight is 356 g/mol. The number of aromatic nitrogens is 1. The van der Waals surface area contributed by atoms with E-state index in [0.29, 0.717) is 10.7 Å². The quantitative estimate of drug-likeness (QED) is 0.569. The molecule has 0 radical (unpaired) electrons. The van der Waals surface area contributed by atoms with Crippen molar-refractivity contribution in [3.05, 3.63) is 70.7 Å². The van der Waals surface area contributed by atoms with E-state index in [0.717, 1.165) is 22.4 Å². The summed E-state index contributed by atoms with van der Waals surface area (Å²) in [6, 6.07) is 16.7. The maximum Gasteiger partial charge on any atom is 0.337 e. The molecule has 3 nitrogen and oxygen atoms in total. The fourth-order valence-electron chi connectivity index (χ4n) is 2.42. The molecule has 0 saturated heterocycles. The number of halogens is 1. The van der Waals surface area contributed by atoms with Crippen LogP contribution < -0.4 is 0 Å². The van der Waals surface area contributed by atoms with E-state index >= 15 is 0 Å². The lowest BCUT2D eigenvalue weighted by atomic mass is 10.1. The van der Waals surface area contributed by atoms with Gasteiger partial charge in [0.15, 0.2) is 0 Å². The van der Waals surface area contributed by atoms with Gasteiger partial charge in [0.2, 0.25) is 0 Å². The highest BCUT2D eigenvalue weighted by molar-refractivity contribution is 6.31. The van der Waals surface area contributed by atoms with E-state index in [2.05, 4.69) is 18.8 Å². The Kier molecular flexibility index (Phi) is 6.43. The van der Waals surface area contributed by atoms with Gasteiger partial charge in [-0.05, 0) is 41.8 Å². The number of H-pyrrole nitrogens is 1. The third kappa shape index (κ3) is 4.52. The summed E-state index contributed by atoms with van der Waals surface area (Å²) < 4.78 is 0. The van der Waals surface area contributed by atoms with Crippen molar-refractivity contribution in [2.75, 3.05) is 0 Å². The molecule has 1 heterocycles. The molecule has 2 N–H and O–H groups in total. The van der Waals surface area contributed by atoms with Gasteiger partial charge < -0.3 is 10.1 Å². The maximum atomic E-state index is 11.5. The molecule has 3 rings (SSSR count). The summed E-state index contributed by atoms with van der Waals surface area (Å²) in [6.45, 7) is 6.17. The highest BCUT2D eigenvalue weighted by Crippen LogP contribution is 2.30. The normalized spacial score (nSPS) is 10.1. The number of aromatic carboxylic acids is 1. The minimum absolute atomic E-state index is 0.258.